The van der Waals surface area contributed by atoms with Crippen molar-refractivity contribution in [3.8, 4) is 22.6 Å². The highest BCUT2D eigenvalue weighted by molar-refractivity contribution is 7.47. The van der Waals surface area contributed by atoms with Gasteiger partial charge in [-0.15, -0.1) is 0 Å². The molecular formula is C27H30NO9P. The van der Waals surface area contributed by atoms with Crippen LogP contribution in [-0.4, -0.2) is 47.8 Å². The van der Waals surface area contributed by atoms with E-state index in [-0.39, 0.29) is 26.1 Å². The van der Waals surface area contributed by atoms with Crippen LogP contribution in [0.3, 0.4) is 0 Å². The molecule has 0 amide bonds. The highest BCUT2D eigenvalue weighted by Gasteiger charge is 2.24. The van der Waals surface area contributed by atoms with Crippen molar-refractivity contribution < 1.29 is 42.7 Å². The summed E-state index contributed by atoms with van der Waals surface area (Å²) in [5, 5.41) is 8.65. The van der Waals surface area contributed by atoms with Gasteiger partial charge in [0.25, 0.3) is 0 Å². The zero-order valence-corrected chi connectivity index (χ0v) is 21.5. The van der Waals surface area contributed by atoms with Gasteiger partial charge in [0.15, 0.2) is 0 Å². The maximum absolute atomic E-state index is 12.2. The molecule has 4 N–H and O–H groups in total. The molecule has 3 aromatic carbocycles. The number of hydrogen-bond donors (Lipinski definition) is 3. The fourth-order valence-electron chi connectivity index (χ4n) is 3.30. The number of para-hydroxylation sites is 1. The standard InChI is InChI=1S/C27H30NO9P/c28-24(27(30)31)19-36-38(32,33)35-18-6-17-34-26(29)16-13-22-9-4-5-10-25(22)37-23-14-11-21(12-15-23)20-7-2-1-3-8-20/h1-5,7-12,14-15,24H,6,13,16-19,28H2,(H,30,31)(H,32,33)/t24-/m0/s1. The van der Waals surface area contributed by atoms with Crippen LogP contribution < -0.4 is 10.5 Å². The lowest BCUT2D eigenvalue weighted by atomic mass is 10.1. The Morgan fingerprint density at radius 2 is 1.53 bits per heavy atom. The van der Waals surface area contributed by atoms with Crippen molar-refractivity contribution in [3.05, 3.63) is 84.4 Å². The van der Waals surface area contributed by atoms with Crippen LogP contribution in [0, 0.1) is 0 Å². The molecule has 0 heterocycles. The molecular weight excluding hydrogens is 513 g/mol. The predicted octanol–water partition coefficient (Wildman–Crippen LogP) is 4.56. The summed E-state index contributed by atoms with van der Waals surface area (Å²) in [5.41, 5.74) is 8.24. The van der Waals surface area contributed by atoms with Crippen LogP contribution in [-0.2, 0) is 34.4 Å². The molecule has 11 heteroatoms. The van der Waals surface area contributed by atoms with Crippen molar-refractivity contribution in [2.24, 2.45) is 5.73 Å². The van der Waals surface area contributed by atoms with Gasteiger partial charge in [-0.2, -0.15) is 0 Å². The molecule has 202 valence electrons. The number of ether oxygens (including phenoxy) is 2. The van der Waals surface area contributed by atoms with E-state index >= 15 is 0 Å². The monoisotopic (exact) mass is 543 g/mol. The van der Waals surface area contributed by atoms with Crippen LogP contribution in [0.25, 0.3) is 11.1 Å². The van der Waals surface area contributed by atoms with Crippen LogP contribution in [0.1, 0.15) is 18.4 Å². The number of phosphoric ester groups is 1. The van der Waals surface area contributed by atoms with E-state index in [0.29, 0.717) is 17.9 Å². The summed E-state index contributed by atoms with van der Waals surface area (Å²) in [6.07, 6.45) is 0.656. The quantitative estimate of drug-likeness (QED) is 0.141. The molecule has 0 aliphatic heterocycles. The molecule has 0 aromatic heterocycles. The summed E-state index contributed by atoms with van der Waals surface area (Å²) in [5.74, 6) is -0.497. The minimum Gasteiger partial charge on any atom is -0.480 e. The van der Waals surface area contributed by atoms with E-state index in [4.69, 9.17) is 24.8 Å². The number of carboxylic acids is 1. The topological polar surface area (TPSA) is 155 Å². The third-order valence-corrected chi connectivity index (χ3v) is 6.29. The van der Waals surface area contributed by atoms with E-state index in [2.05, 4.69) is 4.52 Å². The minimum absolute atomic E-state index is 0.0284. The number of carboxylic acid groups (broad SMARTS) is 1. The second-order valence-corrected chi connectivity index (χ2v) is 9.67. The van der Waals surface area contributed by atoms with Crippen molar-refractivity contribution in [1.29, 1.82) is 0 Å². The second kappa shape index (κ2) is 14.4. The lowest BCUT2D eigenvalue weighted by molar-refractivity contribution is -0.143. The molecule has 10 nitrogen and oxygen atoms in total. The molecule has 0 radical (unpaired) electrons. The van der Waals surface area contributed by atoms with Crippen LogP contribution >= 0.6 is 7.82 Å². The van der Waals surface area contributed by atoms with Gasteiger partial charge < -0.3 is 25.2 Å². The number of nitrogens with two attached hydrogens (primary N) is 1. The lowest BCUT2D eigenvalue weighted by Gasteiger charge is -2.14. The third-order valence-electron chi connectivity index (χ3n) is 5.30. The zero-order chi connectivity index (χ0) is 27.4. The lowest BCUT2D eigenvalue weighted by Crippen LogP contribution is -2.34. The van der Waals surface area contributed by atoms with E-state index in [1.807, 2.05) is 78.9 Å². The molecule has 1 unspecified atom stereocenters. The molecule has 3 aromatic rings. The van der Waals surface area contributed by atoms with E-state index < -0.39 is 32.4 Å². The van der Waals surface area contributed by atoms with Gasteiger partial charge in [-0.05, 0) is 41.3 Å². The molecule has 0 saturated heterocycles. The third kappa shape index (κ3) is 9.74. The van der Waals surface area contributed by atoms with Gasteiger partial charge in [-0.3, -0.25) is 18.6 Å². The van der Waals surface area contributed by atoms with Gasteiger partial charge >= 0.3 is 19.8 Å². The number of carbonyl (C=O) groups excluding carboxylic acids is 1. The summed E-state index contributed by atoms with van der Waals surface area (Å²) >= 11 is 0. The van der Waals surface area contributed by atoms with Gasteiger partial charge in [0.05, 0.1) is 19.8 Å². The molecule has 0 fully saturated rings. The number of esters is 1. The Morgan fingerprint density at radius 1 is 0.868 bits per heavy atom. The summed E-state index contributed by atoms with van der Waals surface area (Å²) < 4.78 is 32.1. The Hall–Kier alpha value is -3.53. The van der Waals surface area contributed by atoms with Crippen LogP contribution in [0.5, 0.6) is 11.5 Å². The SMILES string of the molecule is N[C@@H](COP(=O)(O)OCCCOC(=O)CCc1ccccc1Oc1ccc(-c2ccccc2)cc1)C(=O)O. The van der Waals surface area contributed by atoms with Crippen molar-refractivity contribution in [2.45, 2.75) is 25.3 Å². The summed E-state index contributed by atoms with van der Waals surface area (Å²) in [7, 11) is -4.45. The smallest absolute Gasteiger partial charge is 0.472 e. The number of aliphatic carboxylic acids is 1. The van der Waals surface area contributed by atoms with Crippen LogP contribution in [0.2, 0.25) is 0 Å². The minimum atomic E-state index is -4.45. The van der Waals surface area contributed by atoms with Crippen LogP contribution in [0.15, 0.2) is 78.9 Å². The number of carbonyl (C=O) groups is 2. The first kappa shape index (κ1) is 29.0. The summed E-state index contributed by atoms with van der Waals surface area (Å²) in [6, 6.07) is 23.8. The fraction of sp³-hybridized carbons (Fsp3) is 0.259. The van der Waals surface area contributed by atoms with Crippen molar-refractivity contribution in [1.82, 2.24) is 0 Å². The van der Waals surface area contributed by atoms with Gasteiger partial charge in [-0.1, -0.05) is 60.7 Å². The van der Waals surface area contributed by atoms with E-state index in [1.54, 1.807) is 0 Å². The molecule has 38 heavy (non-hydrogen) atoms. The maximum Gasteiger partial charge on any atom is 0.472 e. The van der Waals surface area contributed by atoms with E-state index in [0.717, 1.165) is 16.7 Å². The first-order chi connectivity index (χ1) is 18.2. The number of benzene rings is 3. The average molecular weight is 544 g/mol. The largest absolute Gasteiger partial charge is 0.480 e. The van der Waals surface area contributed by atoms with Gasteiger partial charge in [0.2, 0.25) is 0 Å². The number of phosphoric acid groups is 1. The Bertz CT molecular complexity index is 1230. The Morgan fingerprint density at radius 3 is 2.24 bits per heavy atom. The number of aryl methyl sites for hydroxylation is 1. The fourth-order valence-corrected chi connectivity index (χ4v) is 4.08. The van der Waals surface area contributed by atoms with E-state index in [1.165, 1.54) is 0 Å². The summed E-state index contributed by atoms with van der Waals surface area (Å²) in [6.45, 7) is -0.940. The molecule has 0 spiro atoms. The second-order valence-electron chi connectivity index (χ2n) is 8.22. The molecule has 0 aliphatic rings. The van der Waals surface area contributed by atoms with Crippen molar-refractivity contribution >= 4 is 19.8 Å². The van der Waals surface area contributed by atoms with E-state index in [9.17, 15) is 19.0 Å². The number of hydrogen-bond acceptors (Lipinski definition) is 8. The van der Waals surface area contributed by atoms with Crippen LogP contribution in [0.4, 0.5) is 0 Å². The first-order valence-corrected chi connectivity index (χ1v) is 13.4. The normalized spacial score (nSPS) is 13.3. The Kier molecular flexibility index (Phi) is 11.0. The maximum atomic E-state index is 12.2. The van der Waals surface area contributed by atoms with Crippen molar-refractivity contribution in [3.63, 3.8) is 0 Å². The summed E-state index contributed by atoms with van der Waals surface area (Å²) in [4.78, 5) is 32.3. The molecule has 0 aliphatic carbocycles. The highest BCUT2D eigenvalue weighted by Crippen LogP contribution is 2.43. The Labute approximate surface area is 220 Å². The molecule has 3 rings (SSSR count). The highest BCUT2D eigenvalue weighted by atomic mass is 31.2. The Balaban J connectivity index is 1.40. The van der Waals surface area contributed by atoms with Crippen molar-refractivity contribution in [2.75, 3.05) is 19.8 Å². The van der Waals surface area contributed by atoms with Gasteiger partial charge in [0.1, 0.15) is 17.5 Å². The van der Waals surface area contributed by atoms with Gasteiger partial charge in [-0.25, -0.2) is 4.57 Å². The average Bonchev–Trinajstić information content (AvgIpc) is 2.92. The molecule has 2 atom stereocenters. The molecule has 0 saturated carbocycles. The first-order valence-electron chi connectivity index (χ1n) is 11.9. The van der Waals surface area contributed by atoms with Gasteiger partial charge in [0, 0.05) is 12.8 Å². The zero-order valence-electron chi connectivity index (χ0n) is 20.6. The molecule has 0 bridgehead atoms. The number of rotatable bonds is 15. The predicted molar refractivity (Wildman–Crippen MR) is 140 cm³/mol.